The highest BCUT2D eigenvalue weighted by molar-refractivity contribution is 7.92. The molecule has 0 saturated carbocycles. The Morgan fingerprint density at radius 2 is 1.57 bits per heavy atom. The molecule has 2 N–H and O–H groups in total. The number of hydrogen-bond donors (Lipinski definition) is 1. The maximum atomic E-state index is 12.4. The Kier molecular flexibility index (Phi) is 3.81. The molecule has 0 amide bonds. The third kappa shape index (κ3) is 2.95. The van der Waals surface area contributed by atoms with Gasteiger partial charge in [0.15, 0.2) is 0 Å². The van der Waals surface area contributed by atoms with Crippen LogP contribution in [0.1, 0.15) is 0 Å². The standard InChI is InChI=1S/C13H13N3O4S/c1-15(11-4-2-10(14)3-5-11)21(19,20)13-8-6-12(7-9-13)16(17)18/h2-9H,14H2,1H3. The largest absolute Gasteiger partial charge is 0.399 e. The molecule has 0 heterocycles. The molecule has 2 aromatic rings. The maximum absolute atomic E-state index is 12.4. The quantitative estimate of drug-likeness (QED) is 0.528. The first-order chi connectivity index (χ1) is 9.82. The van der Waals surface area contributed by atoms with E-state index < -0.39 is 14.9 Å². The van der Waals surface area contributed by atoms with Gasteiger partial charge in [-0.15, -0.1) is 0 Å². The number of nitrogens with two attached hydrogens (primary N) is 1. The molecule has 21 heavy (non-hydrogen) atoms. The summed E-state index contributed by atoms with van der Waals surface area (Å²) in [7, 11) is -2.37. The van der Waals surface area contributed by atoms with Crippen molar-refractivity contribution in [2.75, 3.05) is 17.1 Å². The number of benzene rings is 2. The molecule has 8 heteroatoms. The van der Waals surface area contributed by atoms with Crippen LogP contribution in [0.2, 0.25) is 0 Å². The number of rotatable bonds is 4. The lowest BCUT2D eigenvalue weighted by atomic mass is 10.3. The van der Waals surface area contributed by atoms with Gasteiger partial charge in [0.2, 0.25) is 0 Å². The van der Waals surface area contributed by atoms with E-state index in [1.165, 1.54) is 19.2 Å². The predicted molar refractivity (Wildman–Crippen MR) is 79.5 cm³/mol. The Morgan fingerprint density at radius 3 is 2.05 bits per heavy atom. The number of non-ortho nitro benzene ring substituents is 1. The zero-order chi connectivity index (χ0) is 15.6. The molecule has 0 aliphatic carbocycles. The van der Waals surface area contributed by atoms with E-state index in [9.17, 15) is 18.5 Å². The van der Waals surface area contributed by atoms with E-state index in [4.69, 9.17) is 5.73 Å². The fourth-order valence-electron chi connectivity index (χ4n) is 1.72. The van der Waals surface area contributed by atoms with Gasteiger partial charge < -0.3 is 5.73 Å². The molecule has 0 fully saturated rings. The Balaban J connectivity index is 2.36. The number of sulfonamides is 1. The first-order valence-electron chi connectivity index (χ1n) is 5.91. The van der Waals surface area contributed by atoms with Gasteiger partial charge in [0.1, 0.15) is 0 Å². The molecule has 0 unspecified atom stereocenters. The van der Waals surface area contributed by atoms with Crippen LogP contribution in [0.5, 0.6) is 0 Å². The molecule has 110 valence electrons. The van der Waals surface area contributed by atoms with E-state index >= 15 is 0 Å². The van der Waals surface area contributed by atoms with Gasteiger partial charge >= 0.3 is 0 Å². The summed E-state index contributed by atoms with van der Waals surface area (Å²) in [4.78, 5) is 9.98. The van der Waals surface area contributed by atoms with Crippen LogP contribution >= 0.6 is 0 Å². The van der Waals surface area contributed by atoms with Crippen molar-refractivity contribution in [2.45, 2.75) is 4.90 Å². The highest BCUT2D eigenvalue weighted by Gasteiger charge is 2.22. The van der Waals surface area contributed by atoms with Crippen molar-refractivity contribution in [3.63, 3.8) is 0 Å². The van der Waals surface area contributed by atoms with Gasteiger partial charge in [0, 0.05) is 24.9 Å². The molecule has 7 nitrogen and oxygen atoms in total. The van der Waals surface area contributed by atoms with Crippen LogP contribution in [0.25, 0.3) is 0 Å². The van der Waals surface area contributed by atoms with Gasteiger partial charge in [-0.1, -0.05) is 0 Å². The summed E-state index contributed by atoms with van der Waals surface area (Å²) >= 11 is 0. The summed E-state index contributed by atoms with van der Waals surface area (Å²) in [5.74, 6) is 0. The van der Waals surface area contributed by atoms with E-state index in [1.54, 1.807) is 24.3 Å². The average molecular weight is 307 g/mol. The van der Waals surface area contributed by atoms with Gasteiger partial charge in [0.05, 0.1) is 15.5 Å². The Hall–Kier alpha value is -2.61. The van der Waals surface area contributed by atoms with Crippen molar-refractivity contribution in [1.29, 1.82) is 0 Å². The van der Waals surface area contributed by atoms with Gasteiger partial charge in [-0.25, -0.2) is 8.42 Å². The molecule has 0 aliphatic rings. The van der Waals surface area contributed by atoms with Crippen LogP contribution in [0.4, 0.5) is 17.1 Å². The van der Waals surface area contributed by atoms with Crippen molar-refractivity contribution in [3.05, 3.63) is 58.6 Å². The second-order valence-corrected chi connectivity index (χ2v) is 6.28. The average Bonchev–Trinajstić information content (AvgIpc) is 2.47. The van der Waals surface area contributed by atoms with Gasteiger partial charge in [-0.05, 0) is 36.4 Å². The monoisotopic (exact) mass is 307 g/mol. The number of nitrogens with zero attached hydrogens (tertiary/aromatic N) is 2. The van der Waals surface area contributed by atoms with E-state index in [0.717, 1.165) is 16.4 Å². The van der Waals surface area contributed by atoms with Gasteiger partial charge in [-0.3, -0.25) is 14.4 Å². The van der Waals surface area contributed by atoms with Crippen LogP contribution in [-0.2, 0) is 10.0 Å². The normalized spacial score (nSPS) is 11.1. The second-order valence-electron chi connectivity index (χ2n) is 4.32. The molecule has 0 spiro atoms. The summed E-state index contributed by atoms with van der Waals surface area (Å²) in [6.07, 6.45) is 0. The Morgan fingerprint density at radius 1 is 1.05 bits per heavy atom. The summed E-state index contributed by atoms with van der Waals surface area (Å²) < 4.78 is 25.9. The Labute approximate surface area is 121 Å². The highest BCUT2D eigenvalue weighted by atomic mass is 32.2. The molecule has 2 rings (SSSR count). The van der Waals surface area contributed by atoms with Crippen molar-refractivity contribution in [3.8, 4) is 0 Å². The van der Waals surface area contributed by atoms with E-state index in [0.29, 0.717) is 11.4 Å². The SMILES string of the molecule is CN(c1ccc(N)cc1)S(=O)(=O)c1ccc([N+](=O)[O-])cc1. The van der Waals surface area contributed by atoms with Gasteiger partial charge in [0.25, 0.3) is 15.7 Å². The van der Waals surface area contributed by atoms with Crippen molar-refractivity contribution in [2.24, 2.45) is 0 Å². The minimum absolute atomic E-state index is 0.0209. The minimum Gasteiger partial charge on any atom is -0.399 e. The second kappa shape index (κ2) is 5.41. The fraction of sp³-hybridized carbons (Fsp3) is 0.0769. The van der Waals surface area contributed by atoms with Crippen molar-refractivity contribution < 1.29 is 13.3 Å². The van der Waals surface area contributed by atoms with Crippen molar-refractivity contribution in [1.82, 2.24) is 0 Å². The highest BCUT2D eigenvalue weighted by Crippen LogP contribution is 2.24. The molecular formula is C13H13N3O4S. The van der Waals surface area contributed by atoms with Crippen LogP contribution < -0.4 is 10.0 Å². The number of nitro groups is 1. The third-order valence-electron chi connectivity index (χ3n) is 2.96. The smallest absolute Gasteiger partial charge is 0.269 e. The summed E-state index contributed by atoms with van der Waals surface area (Å²) in [6, 6.07) is 11.1. The summed E-state index contributed by atoms with van der Waals surface area (Å²) in [6.45, 7) is 0. The first kappa shape index (κ1) is 14.8. The van der Waals surface area contributed by atoms with Crippen LogP contribution in [0.15, 0.2) is 53.4 Å². The van der Waals surface area contributed by atoms with E-state index in [-0.39, 0.29) is 10.6 Å². The maximum Gasteiger partial charge on any atom is 0.269 e. The fourth-order valence-corrected chi connectivity index (χ4v) is 2.92. The van der Waals surface area contributed by atoms with Crippen LogP contribution in [-0.4, -0.2) is 20.4 Å². The molecule has 0 radical (unpaired) electrons. The summed E-state index contributed by atoms with van der Waals surface area (Å²) in [5.41, 5.74) is 6.37. The number of hydrogen-bond acceptors (Lipinski definition) is 5. The summed E-state index contributed by atoms with van der Waals surface area (Å²) in [5, 5.41) is 10.6. The zero-order valence-electron chi connectivity index (χ0n) is 11.1. The van der Waals surface area contributed by atoms with E-state index in [2.05, 4.69) is 0 Å². The van der Waals surface area contributed by atoms with Crippen molar-refractivity contribution >= 4 is 27.1 Å². The predicted octanol–water partition coefficient (Wildman–Crippen LogP) is 2.00. The first-order valence-corrected chi connectivity index (χ1v) is 7.35. The molecule has 0 atom stereocenters. The third-order valence-corrected chi connectivity index (χ3v) is 4.76. The molecule has 0 aromatic heterocycles. The molecular weight excluding hydrogens is 294 g/mol. The lowest BCUT2D eigenvalue weighted by Gasteiger charge is -2.19. The molecule has 0 saturated heterocycles. The van der Waals surface area contributed by atoms with Crippen LogP contribution in [0, 0.1) is 10.1 Å². The van der Waals surface area contributed by atoms with Gasteiger partial charge in [-0.2, -0.15) is 0 Å². The van der Waals surface area contributed by atoms with Crippen LogP contribution in [0.3, 0.4) is 0 Å². The lowest BCUT2D eigenvalue weighted by Crippen LogP contribution is -2.26. The topological polar surface area (TPSA) is 107 Å². The number of nitro benzene ring substituents is 1. The molecule has 0 aliphatic heterocycles. The molecule has 2 aromatic carbocycles. The Bertz CT molecular complexity index is 755. The number of nitrogen functional groups attached to an aromatic ring is 1. The minimum atomic E-state index is -3.78. The van der Waals surface area contributed by atoms with E-state index in [1.807, 2.05) is 0 Å². The molecule has 0 bridgehead atoms. The zero-order valence-corrected chi connectivity index (χ0v) is 11.9. The lowest BCUT2D eigenvalue weighted by molar-refractivity contribution is -0.384. The number of anilines is 2.